The number of hydrogen-bond donors (Lipinski definition) is 1. The van der Waals surface area contributed by atoms with E-state index in [9.17, 15) is 5.11 Å². The average Bonchev–Trinajstić information content (AvgIpc) is 2.83. The summed E-state index contributed by atoms with van der Waals surface area (Å²) < 4.78 is 0. The molecule has 0 aromatic heterocycles. The van der Waals surface area contributed by atoms with Crippen LogP contribution in [0.5, 0.6) is 5.75 Å². The first-order valence-electron chi connectivity index (χ1n) is 8.64. The van der Waals surface area contributed by atoms with Crippen molar-refractivity contribution in [3.8, 4) is 5.75 Å². The molecule has 2 fully saturated rings. The number of phenolic OH excluding ortho intramolecular Hbond substituents is 1. The van der Waals surface area contributed by atoms with Crippen LogP contribution in [0.2, 0.25) is 0 Å². The lowest BCUT2D eigenvalue weighted by molar-refractivity contribution is 0.0541. The Hall–Kier alpha value is -1.24. The first-order valence-corrected chi connectivity index (χ1v) is 8.64. The van der Waals surface area contributed by atoms with E-state index in [1.165, 1.54) is 43.2 Å². The minimum atomic E-state index is 0.393. The predicted octanol–water partition coefficient (Wildman–Crippen LogP) is 5.36. The van der Waals surface area contributed by atoms with E-state index in [1.807, 2.05) is 12.1 Å². The van der Waals surface area contributed by atoms with Crippen molar-refractivity contribution in [2.45, 2.75) is 51.9 Å². The Morgan fingerprint density at radius 1 is 1.24 bits per heavy atom. The van der Waals surface area contributed by atoms with E-state index in [1.54, 1.807) is 0 Å². The molecule has 3 aliphatic carbocycles. The summed E-state index contributed by atoms with van der Waals surface area (Å²) in [6, 6.07) is 5.96. The molecule has 21 heavy (non-hydrogen) atoms. The van der Waals surface area contributed by atoms with Gasteiger partial charge in [-0.25, -0.2) is 0 Å². The molecule has 0 aliphatic heterocycles. The third-order valence-corrected chi connectivity index (χ3v) is 6.99. The summed E-state index contributed by atoms with van der Waals surface area (Å²) in [6.07, 6.45) is 11.6. The van der Waals surface area contributed by atoms with Gasteiger partial charge >= 0.3 is 0 Å². The Kier molecular flexibility index (Phi) is 2.96. The number of hydrogen-bond acceptors (Lipinski definition) is 1. The fraction of sp³-hybridized carbons (Fsp3) is 0.600. The van der Waals surface area contributed by atoms with Gasteiger partial charge in [-0.2, -0.15) is 0 Å². The largest absolute Gasteiger partial charge is 0.508 e. The molecule has 0 saturated heterocycles. The highest BCUT2D eigenvalue weighted by atomic mass is 16.3. The van der Waals surface area contributed by atoms with Crippen LogP contribution in [-0.2, 0) is 0 Å². The maximum Gasteiger partial charge on any atom is 0.116 e. The number of phenols is 1. The molecule has 1 heteroatoms. The lowest BCUT2D eigenvalue weighted by Crippen LogP contribution is -2.40. The van der Waals surface area contributed by atoms with E-state index in [-0.39, 0.29) is 0 Å². The van der Waals surface area contributed by atoms with Gasteiger partial charge in [-0.15, -0.1) is 0 Å². The molecule has 112 valence electrons. The van der Waals surface area contributed by atoms with Crippen molar-refractivity contribution in [1.82, 2.24) is 0 Å². The molecule has 3 aliphatic rings. The number of fused-ring (bicyclic) bond motifs is 5. The molecule has 5 atom stereocenters. The normalized spacial score (nSPS) is 40.5. The van der Waals surface area contributed by atoms with Crippen LogP contribution in [0.3, 0.4) is 0 Å². The van der Waals surface area contributed by atoms with Crippen LogP contribution < -0.4 is 0 Å². The first-order chi connectivity index (χ1) is 10.1. The molecule has 0 bridgehead atoms. The molecule has 0 amide bonds. The second kappa shape index (κ2) is 4.63. The van der Waals surface area contributed by atoms with E-state index < -0.39 is 0 Å². The fourth-order valence-corrected chi connectivity index (χ4v) is 5.86. The van der Waals surface area contributed by atoms with Gasteiger partial charge in [0.15, 0.2) is 0 Å². The topological polar surface area (TPSA) is 20.2 Å². The first kappa shape index (κ1) is 13.4. The molecule has 0 spiro atoms. The highest BCUT2D eigenvalue weighted by Crippen LogP contribution is 2.62. The molecular formula is C20H26O. The van der Waals surface area contributed by atoms with Gasteiger partial charge in [0, 0.05) is 0 Å². The predicted molar refractivity (Wildman–Crippen MR) is 87.2 cm³/mol. The third-order valence-electron chi connectivity index (χ3n) is 6.99. The molecule has 1 N–H and O–H groups in total. The quantitative estimate of drug-likeness (QED) is 0.735. The van der Waals surface area contributed by atoms with E-state index in [4.69, 9.17) is 0 Å². The van der Waals surface area contributed by atoms with Crippen molar-refractivity contribution >= 4 is 6.08 Å². The molecule has 1 aromatic carbocycles. The fourth-order valence-electron chi connectivity index (χ4n) is 5.86. The summed E-state index contributed by atoms with van der Waals surface area (Å²) >= 11 is 0. The van der Waals surface area contributed by atoms with Crippen molar-refractivity contribution in [3.63, 3.8) is 0 Å². The summed E-state index contributed by atoms with van der Waals surface area (Å²) in [5.41, 5.74) is 3.28. The summed E-state index contributed by atoms with van der Waals surface area (Å²) in [5.74, 6) is 3.58. The molecule has 1 nitrogen and oxygen atoms in total. The van der Waals surface area contributed by atoms with E-state index in [0.29, 0.717) is 17.1 Å². The van der Waals surface area contributed by atoms with Gasteiger partial charge in [0.05, 0.1) is 0 Å². The summed E-state index contributed by atoms with van der Waals surface area (Å²) in [6.45, 7) is 4.94. The van der Waals surface area contributed by atoms with Crippen LogP contribution in [-0.4, -0.2) is 5.11 Å². The smallest absolute Gasteiger partial charge is 0.116 e. The molecular weight excluding hydrogens is 256 g/mol. The van der Waals surface area contributed by atoms with Crippen LogP contribution in [0.1, 0.15) is 63.0 Å². The number of rotatable bonds is 1. The van der Waals surface area contributed by atoms with Gasteiger partial charge in [0.1, 0.15) is 5.75 Å². The van der Waals surface area contributed by atoms with E-state index in [2.05, 4.69) is 32.1 Å². The second-order valence-corrected chi connectivity index (χ2v) is 7.69. The van der Waals surface area contributed by atoms with Gasteiger partial charge in [-0.05, 0) is 78.0 Å². The minimum Gasteiger partial charge on any atom is -0.508 e. The van der Waals surface area contributed by atoms with Crippen molar-refractivity contribution < 1.29 is 5.11 Å². The van der Waals surface area contributed by atoms with Crippen LogP contribution in [0, 0.1) is 23.2 Å². The van der Waals surface area contributed by atoms with E-state index >= 15 is 0 Å². The highest BCUT2D eigenvalue weighted by molar-refractivity contribution is 5.60. The Morgan fingerprint density at radius 2 is 2.10 bits per heavy atom. The maximum absolute atomic E-state index is 9.71. The maximum atomic E-state index is 9.71. The lowest BCUT2D eigenvalue weighted by atomic mass is 9.55. The van der Waals surface area contributed by atoms with Crippen LogP contribution in [0.25, 0.3) is 6.08 Å². The SMILES string of the molecule is CC[C@H]1CCC2C3C=Cc4cc(O)ccc4C3CC[C@@]21C. The van der Waals surface area contributed by atoms with Crippen LogP contribution >= 0.6 is 0 Å². The molecule has 4 rings (SSSR count). The second-order valence-electron chi connectivity index (χ2n) is 7.69. The van der Waals surface area contributed by atoms with E-state index in [0.717, 1.165) is 17.8 Å². The lowest BCUT2D eigenvalue weighted by Gasteiger charge is -2.49. The summed E-state index contributed by atoms with van der Waals surface area (Å²) in [4.78, 5) is 0. The highest BCUT2D eigenvalue weighted by Gasteiger charge is 2.53. The van der Waals surface area contributed by atoms with Gasteiger partial charge in [0.25, 0.3) is 0 Å². The van der Waals surface area contributed by atoms with Gasteiger partial charge in [0.2, 0.25) is 0 Å². The minimum absolute atomic E-state index is 0.393. The van der Waals surface area contributed by atoms with Crippen molar-refractivity contribution in [1.29, 1.82) is 0 Å². The molecule has 0 radical (unpaired) electrons. The molecule has 1 aromatic rings. The van der Waals surface area contributed by atoms with Gasteiger partial charge in [-0.3, -0.25) is 0 Å². The monoisotopic (exact) mass is 282 g/mol. The summed E-state index contributed by atoms with van der Waals surface area (Å²) in [5, 5.41) is 9.71. The zero-order valence-electron chi connectivity index (χ0n) is 13.2. The van der Waals surface area contributed by atoms with Crippen molar-refractivity contribution in [2.24, 2.45) is 23.2 Å². The van der Waals surface area contributed by atoms with Gasteiger partial charge in [-0.1, -0.05) is 38.5 Å². The number of allylic oxidation sites excluding steroid dienone is 1. The third kappa shape index (κ3) is 1.82. The standard InChI is InChI=1S/C20H26O/c1-3-14-5-9-19-18-7-4-13-12-15(21)6-8-16(13)17(18)10-11-20(14,19)2/h4,6-8,12,14,17-19,21H,3,5,9-11H2,1-2H3/t14-,17?,18?,19?,20+/m0/s1. The zero-order valence-corrected chi connectivity index (χ0v) is 13.2. The summed E-state index contributed by atoms with van der Waals surface area (Å²) in [7, 11) is 0. The Bertz CT molecular complexity index is 588. The van der Waals surface area contributed by atoms with Crippen LogP contribution in [0.4, 0.5) is 0 Å². The Labute approximate surface area is 128 Å². The molecule has 0 heterocycles. The average molecular weight is 282 g/mol. The number of aromatic hydroxyl groups is 1. The Morgan fingerprint density at radius 3 is 2.90 bits per heavy atom. The van der Waals surface area contributed by atoms with Crippen LogP contribution in [0.15, 0.2) is 24.3 Å². The number of benzene rings is 1. The van der Waals surface area contributed by atoms with Crippen molar-refractivity contribution in [2.75, 3.05) is 0 Å². The zero-order chi connectivity index (χ0) is 14.6. The molecule has 2 saturated carbocycles. The molecule has 3 unspecified atom stereocenters. The Balaban J connectivity index is 1.72. The van der Waals surface area contributed by atoms with Crippen molar-refractivity contribution in [3.05, 3.63) is 35.4 Å². The van der Waals surface area contributed by atoms with Gasteiger partial charge < -0.3 is 5.11 Å².